The number of thiocarbonyl (C=S) groups is 1. The molecule has 0 aromatic carbocycles. The smallest absolute Gasteiger partial charge is 0.0149 e. The minimum atomic E-state index is 1.13. The fraction of sp³-hybridized carbons (Fsp3) is 0.750. The van der Waals surface area contributed by atoms with Gasteiger partial charge >= 0.3 is 0 Å². The lowest BCUT2D eigenvalue weighted by Crippen LogP contribution is -1.90. The van der Waals surface area contributed by atoms with Crippen LogP contribution < -0.4 is 0 Å². The van der Waals surface area contributed by atoms with E-state index in [1.165, 1.54) is 51.4 Å². The van der Waals surface area contributed by atoms with Crippen molar-refractivity contribution in [3.63, 3.8) is 0 Å². The molecule has 0 nitrogen and oxygen atoms in total. The largest absolute Gasteiger partial charge is 0.0849 e. The summed E-state index contributed by atoms with van der Waals surface area (Å²) < 4.78 is 0. The lowest BCUT2D eigenvalue weighted by atomic mass is 10.0. The molecule has 0 aromatic heterocycles. The first-order chi connectivity index (χ1) is 6.39. The molecule has 0 bridgehead atoms. The third-order valence-electron chi connectivity index (χ3n) is 2.60. The highest BCUT2D eigenvalue weighted by atomic mass is 32.1. The van der Waals surface area contributed by atoms with Crippen molar-refractivity contribution in [3.05, 3.63) is 12.2 Å². The Morgan fingerprint density at radius 2 is 1.46 bits per heavy atom. The molecular formula is C12H20S. The van der Waals surface area contributed by atoms with Crippen molar-refractivity contribution in [2.45, 2.75) is 57.8 Å². The van der Waals surface area contributed by atoms with Crippen molar-refractivity contribution in [3.8, 4) is 0 Å². The molecule has 1 aliphatic carbocycles. The Morgan fingerprint density at radius 3 is 2.23 bits per heavy atom. The Labute approximate surface area is 87.4 Å². The second-order valence-corrected chi connectivity index (χ2v) is 4.41. The van der Waals surface area contributed by atoms with E-state index in [1.807, 2.05) is 0 Å². The molecule has 0 saturated carbocycles. The summed E-state index contributed by atoms with van der Waals surface area (Å²) in [5.74, 6) is 0. The molecule has 1 heteroatoms. The maximum Gasteiger partial charge on any atom is 0.0149 e. The number of hydrogen-bond donors (Lipinski definition) is 0. The fourth-order valence-corrected chi connectivity index (χ4v) is 1.98. The van der Waals surface area contributed by atoms with E-state index in [-0.39, 0.29) is 0 Å². The molecule has 0 radical (unpaired) electrons. The van der Waals surface area contributed by atoms with Gasteiger partial charge in [0.25, 0.3) is 0 Å². The predicted octanol–water partition coefficient (Wildman–Crippen LogP) is 4.44. The van der Waals surface area contributed by atoms with Crippen molar-refractivity contribution in [1.29, 1.82) is 0 Å². The number of hydrogen-bond acceptors (Lipinski definition) is 1. The van der Waals surface area contributed by atoms with Crippen LogP contribution in [0.4, 0.5) is 0 Å². The van der Waals surface area contributed by atoms with E-state index in [2.05, 4.69) is 12.2 Å². The number of rotatable bonds is 0. The van der Waals surface area contributed by atoms with Crippen LogP contribution in [0.1, 0.15) is 57.8 Å². The molecule has 0 aromatic rings. The summed E-state index contributed by atoms with van der Waals surface area (Å²) in [6, 6.07) is 0. The monoisotopic (exact) mass is 196 g/mol. The topological polar surface area (TPSA) is 0 Å². The summed E-state index contributed by atoms with van der Waals surface area (Å²) in [5.41, 5.74) is 0. The van der Waals surface area contributed by atoms with Gasteiger partial charge in [0.15, 0.2) is 0 Å². The molecule has 13 heavy (non-hydrogen) atoms. The molecular weight excluding hydrogens is 176 g/mol. The second-order valence-electron chi connectivity index (χ2n) is 3.88. The lowest BCUT2D eigenvalue weighted by molar-refractivity contribution is 0.586. The highest BCUT2D eigenvalue weighted by molar-refractivity contribution is 7.80. The first-order valence-electron chi connectivity index (χ1n) is 5.59. The standard InChI is InChI=1S/C12H20S/c13-12-10-8-6-4-2-1-3-5-7-9-11-12/h8,10H,1-7,9,11H2. The van der Waals surface area contributed by atoms with Crippen LogP contribution >= 0.6 is 12.2 Å². The Morgan fingerprint density at radius 1 is 0.846 bits per heavy atom. The molecule has 1 rings (SSSR count). The minimum Gasteiger partial charge on any atom is -0.0849 e. The van der Waals surface area contributed by atoms with Gasteiger partial charge in [-0.25, -0.2) is 0 Å². The van der Waals surface area contributed by atoms with E-state index in [1.54, 1.807) is 0 Å². The zero-order valence-electron chi connectivity index (χ0n) is 8.43. The van der Waals surface area contributed by atoms with Crippen LogP contribution in [0.25, 0.3) is 0 Å². The Kier molecular flexibility index (Phi) is 6.09. The molecule has 74 valence electrons. The molecule has 0 unspecified atom stereocenters. The van der Waals surface area contributed by atoms with Gasteiger partial charge in [0.2, 0.25) is 0 Å². The summed E-state index contributed by atoms with van der Waals surface area (Å²) >= 11 is 5.25. The molecule has 0 spiro atoms. The number of allylic oxidation sites excluding steroid dienone is 2. The average Bonchev–Trinajstić information content (AvgIpc) is 2.11. The van der Waals surface area contributed by atoms with Crippen LogP contribution in [0.2, 0.25) is 0 Å². The van der Waals surface area contributed by atoms with Crippen molar-refractivity contribution in [2.24, 2.45) is 0 Å². The second kappa shape index (κ2) is 7.25. The molecule has 0 atom stereocenters. The molecule has 0 fully saturated rings. The van der Waals surface area contributed by atoms with Crippen molar-refractivity contribution < 1.29 is 0 Å². The zero-order valence-corrected chi connectivity index (χ0v) is 9.24. The molecule has 0 saturated heterocycles. The summed E-state index contributed by atoms with van der Waals surface area (Å²) in [7, 11) is 0. The third kappa shape index (κ3) is 5.98. The van der Waals surface area contributed by atoms with Crippen molar-refractivity contribution in [1.82, 2.24) is 0 Å². The molecule has 0 aliphatic heterocycles. The van der Waals surface area contributed by atoms with Gasteiger partial charge in [-0.3, -0.25) is 0 Å². The third-order valence-corrected chi connectivity index (χ3v) is 2.94. The highest BCUT2D eigenvalue weighted by Gasteiger charge is 1.96. The van der Waals surface area contributed by atoms with E-state index >= 15 is 0 Å². The van der Waals surface area contributed by atoms with E-state index in [4.69, 9.17) is 12.2 Å². The van der Waals surface area contributed by atoms with Gasteiger partial charge < -0.3 is 0 Å². The van der Waals surface area contributed by atoms with Gasteiger partial charge in [-0.2, -0.15) is 0 Å². The minimum absolute atomic E-state index is 1.13. The van der Waals surface area contributed by atoms with Gasteiger partial charge in [-0.15, -0.1) is 0 Å². The summed E-state index contributed by atoms with van der Waals surface area (Å²) in [4.78, 5) is 1.15. The van der Waals surface area contributed by atoms with Gasteiger partial charge in [-0.1, -0.05) is 56.5 Å². The van der Waals surface area contributed by atoms with E-state index in [0.29, 0.717) is 0 Å². The summed E-state index contributed by atoms with van der Waals surface area (Å²) in [6.07, 6.45) is 16.4. The van der Waals surface area contributed by atoms with Crippen molar-refractivity contribution >= 4 is 17.1 Å². The normalized spacial score (nSPS) is 22.0. The van der Waals surface area contributed by atoms with Crippen LogP contribution in [0.5, 0.6) is 0 Å². The molecule has 0 heterocycles. The highest BCUT2D eigenvalue weighted by Crippen LogP contribution is 2.12. The molecule has 0 amide bonds. The zero-order chi connectivity index (χ0) is 9.36. The Hall–Kier alpha value is -0.170. The summed E-state index contributed by atoms with van der Waals surface area (Å²) in [6.45, 7) is 0. The quantitative estimate of drug-likeness (QED) is 0.516. The van der Waals surface area contributed by atoms with Crippen LogP contribution in [0.15, 0.2) is 12.2 Å². The van der Waals surface area contributed by atoms with Gasteiger partial charge in [0.05, 0.1) is 0 Å². The molecule has 0 N–H and O–H groups in total. The average molecular weight is 196 g/mol. The van der Waals surface area contributed by atoms with Crippen LogP contribution in [0.3, 0.4) is 0 Å². The SMILES string of the molecule is S=C1C=CCCCCCCCCC1. The fourth-order valence-electron chi connectivity index (χ4n) is 1.74. The first-order valence-corrected chi connectivity index (χ1v) is 6.00. The van der Waals surface area contributed by atoms with Crippen molar-refractivity contribution in [2.75, 3.05) is 0 Å². The van der Waals surface area contributed by atoms with Gasteiger partial charge in [0, 0.05) is 4.86 Å². The molecule has 1 aliphatic rings. The summed E-state index contributed by atoms with van der Waals surface area (Å²) in [5, 5.41) is 0. The predicted molar refractivity (Wildman–Crippen MR) is 63.3 cm³/mol. The van der Waals surface area contributed by atoms with E-state index in [0.717, 1.165) is 11.3 Å². The Bertz CT molecular complexity index is 170. The van der Waals surface area contributed by atoms with Gasteiger partial charge in [-0.05, 0) is 25.7 Å². The van der Waals surface area contributed by atoms with Crippen LogP contribution in [-0.4, -0.2) is 4.86 Å². The van der Waals surface area contributed by atoms with Gasteiger partial charge in [0.1, 0.15) is 0 Å². The maximum absolute atomic E-state index is 5.25. The lowest BCUT2D eigenvalue weighted by Gasteiger charge is -2.03. The maximum atomic E-state index is 5.25. The van der Waals surface area contributed by atoms with E-state index < -0.39 is 0 Å². The van der Waals surface area contributed by atoms with Crippen LogP contribution in [0, 0.1) is 0 Å². The van der Waals surface area contributed by atoms with E-state index in [9.17, 15) is 0 Å². The Balaban J connectivity index is 2.26. The van der Waals surface area contributed by atoms with Crippen LogP contribution in [-0.2, 0) is 0 Å². The first kappa shape index (κ1) is 10.9.